The molecule has 0 spiro atoms. The fourth-order valence-corrected chi connectivity index (χ4v) is 2.55. The summed E-state index contributed by atoms with van der Waals surface area (Å²) < 4.78 is 37.0. The number of methoxy groups -OCH3 is 1. The van der Waals surface area contributed by atoms with Crippen LogP contribution in [0.25, 0.3) is 0 Å². The zero-order valence-electron chi connectivity index (χ0n) is 12.7. The van der Waals surface area contributed by atoms with Crippen molar-refractivity contribution in [3.63, 3.8) is 0 Å². The van der Waals surface area contributed by atoms with Crippen LogP contribution in [-0.2, 0) is 0 Å². The number of halogens is 3. The van der Waals surface area contributed by atoms with Gasteiger partial charge in [-0.2, -0.15) is 0 Å². The van der Waals surface area contributed by atoms with Crippen molar-refractivity contribution in [3.8, 4) is 11.5 Å². The van der Waals surface area contributed by atoms with E-state index in [1.54, 1.807) is 0 Å². The molecule has 1 heterocycles. The number of likely N-dealkylation sites (tertiary alicyclic amines) is 1. The number of nitrogens with zero attached hydrogens (tertiary/aromatic N) is 1. The molecule has 7 heteroatoms. The standard InChI is InChI=1S/C15H22F2N2O2.ClH/c1-20-14-8-12(16)13(17)9-15(14)21-10-11-2-5-19(6-3-11)7-4-18;/h8-9,11H,2-7,10,18H2,1H3;1H. The first-order valence-corrected chi connectivity index (χ1v) is 7.22. The van der Waals surface area contributed by atoms with Gasteiger partial charge in [-0.1, -0.05) is 0 Å². The molecule has 1 aliphatic heterocycles. The van der Waals surface area contributed by atoms with Crippen molar-refractivity contribution in [2.45, 2.75) is 12.8 Å². The molecule has 4 nitrogen and oxygen atoms in total. The number of rotatable bonds is 6. The van der Waals surface area contributed by atoms with Gasteiger partial charge in [-0.15, -0.1) is 12.4 Å². The van der Waals surface area contributed by atoms with Crippen LogP contribution >= 0.6 is 12.4 Å². The molecule has 2 N–H and O–H groups in total. The third kappa shape index (κ3) is 4.97. The zero-order chi connectivity index (χ0) is 15.2. The minimum absolute atomic E-state index is 0. The Kier molecular flexibility index (Phi) is 7.85. The summed E-state index contributed by atoms with van der Waals surface area (Å²) in [6.45, 7) is 4.08. The van der Waals surface area contributed by atoms with Crippen molar-refractivity contribution in [1.82, 2.24) is 4.90 Å². The molecule has 126 valence electrons. The molecule has 1 aromatic rings. The fourth-order valence-electron chi connectivity index (χ4n) is 2.55. The van der Waals surface area contributed by atoms with Crippen LogP contribution in [0.4, 0.5) is 8.78 Å². The monoisotopic (exact) mass is 336 g/mol. The van der Waals surface area contributed by atoms with Crippen LogP contribution in [0, 0.1) is 17.6 Å². The normalized spacial score (nSPS) is 16.2. The lowest BCUT2D eigenvalue weighted by Gasteiger charge is -2.31. The van der Waals surface area contributed by atoms with Crippen molar-refractivity contribution < 1.29 is 18.3 Å². The predicted octanol–water partition coefficient (Wildman–Crippen LogP) is 2.44. The van der Waals surface area contributed by atoms with Gasteiger partial charge in [0.1, 0.15) is 0 Å². The molecule has 0 saturated carbocycles. The lowest BCUT2D eigenvalue weighted by Crippen LogP contribution is -2.38. The Morgan fingerprint density at radius 3 is 2.32 bits per heavy atom. The smallest absolute Gasteiger partial charge is 0.164 e. The Bertz CT molecular complexity index is 469. The van der Waals surface area contributed by atoms with E-state index in [4.69, 9.17) is 15.2 Å². The van der Waals surface area contributed by atoms with E-state index in [1.165, 1.54) is 7.11 Å². The van der Waals surface area contributed by atoms with Gasteiger partial charge in [0.15, 0.2) is 23.1 Å². The summed E-state index contributed by atoms with van der Waals surface area (Å²) in [5.74, 6) is -0.982. The second-order valence-electron chi connectivity index (χ2n) is 5.30. The zero-order valence-corrected chi connectivity index (χ0v) is 13.5. The number of ether oxygens (including phenoxy) is 2. The maximum atomic E-state index is 13.3. The molecule has 0 unspecified atom stereocenters. The Balaban J connectivity index is 0.00000242. The summed E-state index contributed by atoms with van der Waals surface area (Å²) in [7, 11) is 1.41. The first-order chi connectivity index (χ1) is 10.1. The summed E-state index contributed by atoms with van der Waals surface area (Å²) in [6, 6.07) is 2.05. The minimum Gasteiger partial charge on any atom is -0.493 e. The second-order valence-corrected chi connectivity index (χ2v) is 5.30. The summed E-state index contributed by atoms with van der Waals surface area (Å²) >= 11 is 0. The molecule has 1 saturated heterocycles. The van der Waals surface area contributed by atoms with Gasteiger partial charge in [-0.25, -0.2) is 8.78 Å². The highest BCUT2D eigenvalue weighted by atomic mass is 35.5. The Hall–Kier alpha value is -1.11. The third-order valence-electron chi connectivity index (χ3n) is 3.83. The summed E-state index contributed by atoms with van der Waals surface area (Å²) in [6.07, 6.45) is 2.04. The van der Waals surface area contributed by atoms with Gasteiger partial charge in [0, 0.05) is 25.2 Å². The maximum Gasteiger partial charge on any atom is 0.164 e. The molecule has 2 rings (SSSR count). The van der Waals surface area contributed by atoms with Crippen molar-refractivity contribution >= 4 is 12.4 Å². The topological polar surface area (TPSA) is 47.7 Å². The van der Waals surface area contributed by atoms with Crippen molar-refractivity contribution in [1.29, 1.82) is 0 Å². The lowest BCUT2D eigenvalue weighted by molar-refractivity contribution is 0.141. The van der Waals surface area contributed by atoms with E-state index >= 15 is 0 Å². The quantitative estimate of drug-likeness (QED) is 0.867. The van der Waals surface area contributed by atoms with Crippen LogP contribution in [0.2, 0.25) is 0 Å². The van der Waals surface area contributed by atoms with Crippen LogP contribution < -0.4 is 15.2 Å². The Morgan fingerprint density at radius 1 is 1.18 bits per heavy atom. The molecule has 0 amide bonds. The molecule has 0 aliphatic carbocycles. The highest BCUT2D eigenvalue weighted by Crippen LogP contribution is 2.30. The molecule has 0 atom stereocenters. The summed E-state index contributed by atoms with van der Waals surface area (Å²) in [4.78, 5) is 2.33. The molecule has 0 radical (unpaired) electrons. The Morgan fingerprint density at radius 2 is 1.77 bits per heavy atom. The molecule has 1 aliphatic rings. The van der Waals surface area contributed by atoms with E-state index in [0.717, 1.165) is 44.6 Å². The lowest BCUT2D eigenvalue weighted by atomic mass is 9.98. The average molecular weight is 337 g/mol. The van der Waals surface area contributed by atoms with Crippen LogP contribution in [0.15, 0.2) is 12.1 Å². The third-order valence-corrected chi connectivity index (χ3v) is 3.83. The van der Waals surface area contributed by atoms with Crippen LogP contribution in [0.5, 0.6) is 11.5 Å². The van der Waals surface area contributed by atoms with Crippen molar-refractivity contribution in [3.05, 3.63) is 23.8 Å². The van der Waals surface area contributed by atoms with E-state index in [1.807, 2.05) is 0 Å². The predicted molar refractivity (Wildman–Crippen MR) is 83.9 cm³/mol. The van der Waals surface area contributed by atoms with Crippen LogP contribution in [0.1, 0.15) is 12.8 Å². The highest BCUT2D eigenvalue weighted by molar-refractivity contribution is 5.85. The van der Waals surface area contributed by atoms with Gasteiger partial charge in [0.2, 0.25) is 0 Å². The number of nitrogens with two attached hydrogens (primary N) is 1. The molecular formula is C15H23ClF2N2O2. The van der Waals surface area contributed by atoms with Gasteiger partial charge < -0.3 is 20.1 Å². The molecule has 1 aromatic carbocycles. The Labute approximate surface area is 136 Å². The van der Waals surface area contributed by atoms with Crippen LogP contribution in [0.3, 0.4) is 0 Å². The molecule has 0 bridgehead atoms. The van der Waals surface area contributed by atoms with Gasteiger partial charge in [0.25, 0.3) is 0 Å². The highest BCUT2D eigenvalue weighted by Gasteiger charge is 2.20. The molecular weight excluding hydrogens is 314 g/mol. The SMILES string of the molecule is COc1cc(F)c(F)cc1OCC1CCN(CCN)CC1.Cl. The van der Waals surface area contributed by atoms with Gasteiger partial charge in [0.05, 0.1) is 13.7 Å². The number of piperidine rings is 1. The fraction of sp³-hybridized carbons (Fsp3) is 0.600. The van der Waals surface area contributed by atoms with Gasteiger partial charge >= 0.3 is 0 Å². The molecule has 0 aromatic heterocycles. The first kappa shape index (κ1) is 18.9. The van der Waals surface area contributed by atoms with Crippen molar-refractivity contribution in [2.24, 2.45) is 11.7 Å². The molecule has 22 heavy (non-hydrogen) atoms. The summed E-state index contributed by atoms with van der Waals surface area (Å²) in [5, 5.41) is 0. The van der Waals surface area contributed by atoms with E-state index < -0.39 is 11.6 Å². The number of hydrogen-bond acceptors (Lipinski definition) is 4. The van der Waals surface area contributed by atoms with Gasteiger partial charge in [-0.05, 0) is 31.8 Å². The minimum atomic E-state index is -0.936. The average Bonchev–Trinajstić information content (AvgIpc) is 2.49. The largest absolute Gasteiger partial charge is 0.493 e. The number of hydrogen-bond donors (Lipinski definition) is 1. The van der Waals surface area contributed by atoms with E-state index in [0.29, 0.717) is 19.1 Å². The number of benzene rings is 1. The second kappa shape index (κ2) is 9.12. The van der Waals surface area contributed by atoms with E-state index in [2.05, 4.69) is 4.90 Å². The summed E-state index contributed by atoms with van der Waals surface area (Å²) in [5.41, 5.74) is 5.54. The van der Waals surface area contributed by atoms with Crippen LogP contribution in [-0.4, -0.2) is 44.8 Å². The first-order valence-electron chi connectivity index (χ1n) is 7.22. The maximum absolute atomic E-state index is 13.3. The molecule has 1 fully saturated rings. The van der Waals surface area contributed by atoms with Gasteiger partial charge in [-0.3, -0.25) is 0 Å². The van der Waals surface area contributed by atoms with E-state index in [9.17, 15) is 8.78 Å². The van der Waals surface area contributed by atoms with E-state index in [-0.39, 0.29) is 23.9 Å². The van der Waals surface area contributed by atoms with Crippen molar-refractivity contribution in [2.75, 3.05) is 39.9 Å².